The lowest BCUT2D eigenvalue weighted by molar-refractivity contribution is 0.705. The SMILES string of the molecule is CCc1nn(C)c(CC)c1-c1ccc(CN)cc1C. The quantitative estimate of drug-likeness (QED) is 0.915. The van der Waals surface area contributed by atoms with Gasteiger partial charge in [0.2, 0.25) is 0 Å². The van der Waals surface area contributed by atoms with E-state index in [1.807, 2.05) is 11.7 Å². The zero-order chi connectivity index (χ0) is 14.0. The number of nitrogens with zero attached hydrogens (tertiary/aromatic N) is 2. The third kappa shape index (κ3) is 2.43. The van der Waals surface area contributed by atoms with Gasteiger partial charge in [-0.05, 0) is 36.5 Å². The van der Waals surface area contributed by atoms with Crippen LogP contribution in [-0.4, -0.2) is 9.78 Å². The molecular formula is C16H23N3. The van der Waals surface area contributed by atoms with Gasteiger partial charge < -0.3 is 5.73 Å². The summed E-state index contributed by atoms with van der Waals surface area (Å²) < 4.78 is 2.02. The van der Waals surface area contributed by atoms with Crippen molar-refractivity contribution in [3.05, 3.63) is 40.7 Å². The van der Waals surface area contributed by atoms with E-state index in [0.717, 1.165) is 12.8 Å². The average Bonchev–Trinajstić information content (AvgIpc) is 2.74. The fraction of sp³-hybridized carbons (Fsp3) is 0.438. The highest BCUT2D eigenvalue weighted by atomic mass is 15.3. The van der Waals surface area contributed by atoms with Gasteiger partial charge in [-0.15, -0.1) is 0 Å². The Labute approximate surface area is 115 Å². The van der Waals surface area contributed by atoms with Crippen LogP contribution in [0.2, 0.25) is 0 Å². The first kappa shape index (κ1) is 13.8. The van der Waals surface area contributed by atoms with Crippen molar-refractivity contribution in [2.24, 2.45) is 12.8 Å². The van der Waals surface area contributed by atoms with E-state index in [-0.39, 0.29) is 0 Å². The molecule has 1 aromatic heterocycles. The van der Waals surface area contributed by atoms with E-state index in [9.17, 15) is 0 Å². The van der Waals surface area contributed by atoms with E-state index in [2.05, 4.69) is 44.1 Å². The molecule has 0 radical (unpaired) electrons. The van der Waals surface area contributed by atoms with E-state index < -0.39 is 0 Å². The van der Waals surface area contributed by atoms with E-state index in [4.69, 9.17) is 5.73 Å². The Balaban J connectivity index is 2.64. The first-order valence-corrected chi connectivity index (χ1v) is 6.97. The molecule has 0 spiro atoms. The second-order valence-electron chi connectivity index (χ2n) is 4.95. The van der Waals surface area contributed by atoms with Crippen LogP contribution < -0.4 is 5.73 Å². The first-order valence-electron chi connectivity index (χ1n) is 6.97. The smallest absolute Gasteiger partial charge is 0.0703 e. The lowest BCUT2D eigenvalue weighted by atomic mass is 9.95. The van der Waals surface area contributed by atoms with Gasteiger partial charge in [0.1, 0.15) is 0 Å². The Morgan fingerprint density at radius 3 is 2.47 bits per heavy atom. The fourth-order valence-corrected chi connectivity index (χ4v) is 2.72. The molecule has 0 fully saturated rings. The van der Waals surface area contributed by atoms with Crippen molar-refractivity contribution in [2.45, 2.75) is 40.2 Å². The molecule has 0 aliphatic rings. The van der Waals surface area contributed by atoms with Crippen molar-refractivity contribution in [3.8, 4) is 11.1 Å². The van der Waals surface area contributed by atoms with Crippen LogP contribution in [0.4, 0.5) is 0 Å². The molecule has 0 saturated heterocycles. The largest absolute Gasteiger partial charge is 0.326 e. The summed E-state index contributed by atoms with van der Waals surface area (Å²) in [4.78, 5) is 0. The molecule has 0 aliphatic heterocycles. The number of aromatic nitrogens is 2. The number of aryl methyl sites for hydroxylation is 3. The molecule has 3 nitrogen and oxygen atoms in total. The van der Waals surface area contributed by atoms with Crippen molar-refractivity contribution in [2.75, 3.05) is 0 Å². The molecule has 0 amide bonds. The Hall–Kier alpha value is -1.61. The van der Waals surface area contributed by atoms with Crippen LogP contribution in [0.15, 0.2) is 18.2 Å². The molecule has 1 heterocycles. The highest BCUT2D eigenvalue weighted by Gasteiger charge is 2.16. The molecule has 3 heteroatoms. The fourth-order valence-electron chi connectivity index (χ4n) is 2.72. The number of hydrogen-bond acceptors (Lipinski definition) is 2. The van der Waals surface area contributed by atoms with Gasteiger partial charge in [0.05, 0.1) is 5.69 Å². The van der Waals surface area contributed by atoms with Crippen molar-refractivity contribution in [3.63, 3.8) is 0 Å². The molecular weight excluding hydrogens is 234 g/mol. The number of nitrogens with two attached hydrogens (primary N) is 1. The molecule has 2 rings (SSSR count). The summed E-state index contributed by atoms with van der Waals surface area (Å²) in [7, 11) is 2.03. The summed E-state index contributed by atoms with van der Waals surface area (Å²) in [5.74, 6) is 0. The third-order valence-corrected chi connectivity index (χ3v) is 3.70. The molecule has 102 valence electrons. The van der Waals surface area contributed by atoms with Gasteiger partial charge in [-0.1, -0.05) is 32.0 Å². The Morgan fingerprint density at radius 1 is 1.21 bits per heavy atom. The van der Waals surface area contributed by atoms with Crippen LogP contribution in [0, 0.1) is 6.92 Å². The number of rotatable bonds is 4. The minimum atomic E-state index is 0.593. The summed E-state index contributed by atoms with van der Waals surface area (Å²) in [5, 5.41) is 4.65. The standard InChI is InChI=1S/C16H23N3/c1-5-14-16(15(6-2)19(4)18-14)13-8-7-12(10-17)9-11(13)3/h7-9H,5-6,10,17H2,1-4H3. The second kappa shape index (κ2) is 5.57. The molecule has 0 saturated carbocycles. The molecule has 0 aliphatic carbocycles. The Bertz CT molecular complexity index is 582. The van der Waals surface area contributed by atoms with E-state index in [1.54, 1.807) is 0 Å². The van der Waals surface area contributed by atoms with Gasteiger partial charge in [0.25, 0.3) is 0 Å². The monoisotopic (exact) mass is 257 g/mol. The van der Waals surface area contributed by atoms with Crippen molar-refractivity contribution < 1.29 is 0 Å². The van der Waals surface area contributed by atoms with Crippen LogP contribution in [0.5, 0.6) is 0 Å². The van der Waals surface area contributed by atoms with Crippen LogP contribution in [0.3, 0.4) is 0 Å². The molecule has 19 heavy (non-hydrogen) atoms. The number of benzene rings is 1. The Morgan fingerprint density at radius 2 is 1.95 bits per heavy atom. The van der Waals surface area contributed by atoms with Crippen molar-refractivity contribution >= 4 is 0 Å². The van der Waals surface area contributed by atoms with Crippen LogP contribution in [-0.2, 0) is 26.4 Å². The minimum absolute atomic E-state index is 0.593. The summed E-state index contributed by atoms with van der Waals surface area (Å²) in [6, 6.07) is 6.49. The van der Waals surface area contributed by atoms with Gasteiger partial charge in [-0.2, -0.15) is 5.10 Å². The summed E-state index contributed by atoms with van der Waals surface area (Å²) in [6.45, 7) is 7.09. The van der Waals surface area contributed by atoms with Crippen LogP contribution in [0.1, 0.15) is 36.4 Å². The molecule has 0 bridgehead atoms. The molecule has 0 atom stereocenters. The predicted octanol–water partition coefficient (Wildman–Crippen LogP) is 2.98. The Kier molecular flexibility index (Phi) is 4.05. The summed E-state index contributed by atoms with van der Waals surface area (Å²) >= 11 is 0. The van der Waals surface area contributed by atoms with Gasteiger partial charge in [0.15, 0.2) is 0 Å². The maximum Gasteiger partial charge on any atom is 0.0703 e. The third-order valence-electron chi connectivity index (χ3n) is 3.70. The van der Waals surface area contributed by atoms with E-state index in [1.165, 1.54) is 33.6 Å². The lowest BCUT2D eigenvalue weighted by Crippen LogP contribution is -1.99. The summed E-state index contributed by atoms with van der Waals surface area (Å²) in [5.41, 5.74) is 13.3. The maximum atomic E-state index is 5.71. The lowest BCUT2D eigenvalue weighted by Gasteiger charge is -2.10. The molecule has 1 aromatic carbocycles. The van der Waals surface area contributed by atoms with E-state index >= 15 is 0 Å². The maximum absolute atomic E-state index is 5.71. The topological polar surface area (TPSA) is 43.8 Å². The normalized spacial score (nSPS) is 11.0. The zero-order valence-corrected chi connectivity index (χ0v) is 12.3. The highest BCUT2D eigenvalue weighted by Crippen LogP contribution is 2.31. The summed E-state index contributed by atoms with van der Waals surface area (Å²) in [6.07, 6.45) is 1.96. The van der Waals surface area contributed by atoms with E-state index in [0.29, 0.717) is 6.54 Å². The number of hydrogen-bond donors (Lipinski definition) is 1. The predicted molar refractivity (Wildman–Crippen MR) is 80.0 cm³/mol. The first-order chi connectivity index (χ1) is 9.12. The van der Waals surface area contributed by atoms with Gasteiger partial charge in [0, 0.05) is 24.8 Å². The van der Waals surface area contributed by atoms with Gasteiger partial charge >= 0.3 is 0 Å². The van der Waals surface area contributed by atoms with Crippen LogP contribution in [0.25, 0.3) is 11.1 Å². The van der Waals surface area contributed by atoms with Crippen molar-refractivity contribution in [1.82, 2.24) is 9.78 Å². The van der Waals surface area contributed by atoms with Crippen molar-refractivity contribution in [1.29, 1.82) is 0 Å². The zero-order valence-electron chi connectivity index (χ0n) is 12.3. The average molecular weight is 257 g/mol. The minimum Gasteiger partial charge on any atom is -0.326 e. The second-order valence-corrected chi connectivity index (χ2v) is 4.95. The molecule has 2 aromatic rings. The van der Waals surface area contributed by atoms with Crippen LogP contribution >= 0.6 is 0 Å². The highest BCUT2D eigenvalue weighted by molar-refractivity contribution is 5.72. The molecule has 0 unspecified atom stereocenters. The van der Waals surface area contributed by atoms with Gasteiger partial charge in [-0.3, -0.25) is 4.68 Å². The molecule has 2 N–H and O–H groups in total. The van der Waals surface area contributed by atoms with Gasteiger partial charge in [-0.25, -0.2) is 0 Å².